The van der Waals surface area contributed by atoms with Gasteiger partial charge in [0.15, 0.2) is 5.78 Å². The van der Waals surface area contributed by atoms with E-state index in [4.69, 9.17) is 11.6 Å². The van der Waals surface area contributed by atoms with Crippen molar-refractivity contribution in [3.05, 3.63) is 70.0 Å². The summed E-state index contributed by atoms with van der Waals surface area (Å²) in [5.41, 5.74) is 1.70. The van der Waals surface area contributed by atoms with Crippen LogP contribution in [0.15, 0.2) is 47.5 Å². The molecule has 0 aliphatic carbocycles. The second-order valence-corrected chi connectivity index (χ2v) is 5.11. The lowest BCUT2D eigenvalue weighted by molar-refractivity contribution is 0.0975. The first kappa shape index (κ1) is 13.0. The van der Waals surface area contributed by atoms with Gasteiger partial charge in [0, 0.05) is 34.3 Å². The van der Waals surface area contributed by atoms with Crippen LogP contribution in [-0.4, -0.2) is 12.0 Å². The van der Waals surface area contributed by atoms with Gasteiger partial charge >= 0.3 is 0 Å². The molecule has 3 rings (SSSR count). The number of Topliss-reactive ketones (excluding diaryl/α,β-unsaturated/α-hetero) is 1. The SMILES string of the molecule is O=C1CC(c2ccccc2F)N=Cc2cc(Cl)ccc21. The minimum Gasteiger partial charge on any atom is -0.294 e. The second kappa shape index (κ2) is 5.17. The van der Waals surface area contributed by atoms with Crippen LogP contribution in [0.1, 0.15) is 33.9 Å². The van der Waals surface area contributed by atoms with Crippen LogP contribution in [0.3, 0.4) is 0 Å². The summed E-state index contributed by atoms with van der Waals surface area (Å²) < 4.78 is 13.8. The first-order valence-corrected chi connectivity index (χ1v) is 6.63. The van der Waals surface area contributed by atoms with E-state index in [0.717, 1.165) is 0 Å². The Labute approximate surface area is 120 Å². The van der Waals surface area contributed by atoms with E-state index in [1.54, 1.807) is 42.6 Å². The predicted molar refractivity (Wildman–Crippen MR) is 77.1 cm³/mol. The molecule has 0 bridgehead atoms. The Balaban J connectivity index is 2.03. The molecule has 0 aromatic heterocycles. The highest BCUT2D eigenvalue weighted by atomic mass is 35.5. The molecular weight excluding hydrogens is 277 g/mol. The lowest BCUT2D eigenvalue weighted by Crippen LogP contribution is -2.06. The average molecular weight is 288 g/mol. The molecule has 2 nitrogen and oxygen atoms in total. The van der Waals surface area contributed by atoms with Crippen LogP contribution >= 0.6 is 11.6 Å². The standard InChI is InChI=1S/C16H11ClFNO/c17-11-5-6-12-10(7-11)9-19-15(8-16(12)20)13-3-1-2-4-14(13)18/h1-7,9,15H,8H2. The van der Waals surface area contributed by atoms with Gasteiger partial charge in [0.25, 0.3) is 0 Å². The summed E-state index contributed by atoms with van der Waals surface area (Å²) in [5, 5.41) is 0.548. The summed E-state index contributed by atoms with van der Waals surface area (Å²) in [7, 11) is 0. The number of halogens is 2. The highest BCUT2D eigenvalue weighted by Gasteiger charge is 2.23. The van der Waals surface area contributed by atoms with Gasteiger partial charge in [-0.15, -0.1) is 0 Å². The number of carbonyl (C=O) groups excluding carboxylic acids is 1. The van der Waals surface area contributed by atoms with Gasteiger partial charge in [-0.05, 0) is 24.3 Å². The number of rotatable bonds is 1. The normalized spacial score (nSPS) is 17.7. The zero-order valence-electron chi connectivity index (χ0n) is 10.5. The van der Waals surface area contributed by atoms with E-state index in [2.05, 4.69) is 4.99 Å². The van der Waals surface area contributed by atoms with Gasteiger partial charge in [0.1, 0.15) is 5.82 Å². The van der Waals surface area contributed by atoms with Crippen LogP contribution in [0.5, 0.6) is 0 Å². The fourth-order valence-electron chi connectivity index (χ4n) is 2.34. The van der Waals surface area contributed by atoms with Gasteiger partial charge in [-0.25, -0.2) is 4.39 Å². The molecule has 100 valence electrons. The second-order valence-electron chi connectivity index (χ2n) is 4.67. The summed E-state index contributed by atoms with van der Waals surface area (Å²) in [6.45, 7) is 0. The number of ketones is 1. The van der Waals surface area contributed by atoms with Crippen molar-refractivity contribution < 1.29 is 9.18 Å². The Morgan fingerprint density at radius 3 is 2.80 bits per heavy atom. The molecule has 2 aromatic rings. The molecule has 1 atom stereocenters. The number of hydrogen-bond acceptors (Lipinski definition) is 2. The quantitative estimate of drug-likeness (QED) is 0.772. The maximum Gasteiger partial charge on any atom is 0.166 e. The maximum absolute atomic E-state index is 13.8. The van der Waals surface area contributed by atoms with Gasteiger partial charge in [-0.2, -0.15) is 0 Å². The number of aliphatic imine (C=N–C) groups is 1. The number of hydrogen-bond donors (Lipinski definition) is 0. The minimum atomic E-state index is -0.491. The van der Waals surface area contributed by atoms with Gasteiger partial charge in [0.2, 0.25) is 0 Å². The van der Waals surface area contributed by atoms with Gasteiger partial charge in [-0.3, -0.25) is 9.79 Å². The molecule has 1 aliphatic heterocycles. The van der Waals surface area contributed by atoms with E-state index in [0.29, 0.717) is 21.7 Å². The molecule has 0 amide bonds. The van der Waals surface area contributed by atoms with Crippen molar-refractivity contribution in [2.45, 2.75) is 12.5 Å². The molecular formula is C16H11ClFNO. The summed E-state index contributed by atoms with van der Waals surface area (Å²) >= 11 is 5.92. The highest BCUT2D eigenvalue weighted by molar-refractivity contribution is 6.31. The molecule has 0 saturated heterocycles. The predicted octanol–water partition coefficient (Wildman–Crippen LogP) is 4.23. The topological polar surface area (TPSA) is 29.4 Å². The molecule has 4 heteroatoms. The zero-order valence-corrected chi connectivity index (χ0v) is 11.3. The molecule has 2 aromatic carbocycles. The van der Waals surface area contributed by atoms with Crippen LogP contribution in [0.25, 0.3) is 0 Å². The van der Waals surface area contributed by atoms with Crippen molar-refractivity contribution in [2.24, 2.45) is 4.99 Å². The number of nitrogens with zero attached hydrogens (tertiary/aromatic N) is 1. The first-order valence-electron chi connectivity index (χ1n) is 6.25. The fraction of sp³-hybridized carbons (Fsp3) is 0.125. The third kappa shape index (κ3) is 2.37. The van der Waals surface area contributed by atoms with Crippen molar-refractivity contribution in [3.8, 4) is 0 Å². The molecule has 0 saturated carbocycles. The van der Waals surface area contributed by atoms with Gasteiger partial charge in [0.05, 0.1) is 6.04 Å². The van der Waals surface area contributed by atoms with Crippen molar-refractivity contribution in [1.29, 1.82) is 0 Å². The molecule has 1 unspecified atom stereocenters. The van der Waals surface area contributed by atoms with Crippen LogP contribution in [0.4, 0.5) is 4.39 Å². The van der Waals surface area contributed by atoms with Crippen molar-refractivity contribution in [1.82, 2.24) is 0 Å². The van der Waals surface area contributed by atoms with Gasteiger partial charge < -0.3 is 0 Å². The Morgan fingerprint density at radius 2 is 2.00 bits per heavy atom. The lowest BCUT2D eigenvalue weighted by atomic mass is 9.97. The Morgan fingerprint density at radius 1 is 1.20 bits per heavy atom. The molecule has 0 fully saturated rings. The average Bonchev–Trinajstić information content (AvgIpc) is 2.59. The molecule has 1 aliphatic rings. The van der Waals surface area contributed by atoms with Crippen molar-refractivity contribution in [2.75, 3.05) is 0 Å². The summed E-state index contributed by atoms with van der Waals surface area (Å²) in [6.07, 6.45) is 1.76. The molecule has 0 radical (unpaired) electrons. The summed E-state index contributed by atoms with van der Waals surface area (Å²) in [5.74, 6) is -0.395. The number of carbonyl (C=O) groups is 1. The third-order valence-corrected chi connectivity index (χ3v) is 3.59. The zero-order chi connectivity index (χ0) is 14.1. The maximum atomic E-state index is 13.8. The van der Waals surface area contributed by atoms with Crippen molar-refractivity contribution >= 4 is 23.6 Å². The van der Waals surface area contributed by atoms with E-state index in [1.165, 1.54) is 6.07 Å². The van der Waals surface area contributed by atoms with E-state index >= 15 is 0 Å². The van der Waals surface area contributed by atoms with E-state index in [1.807, 2.05) is 0 Å². The smallest absolute Gasteiger partial charge is 0.166 e. The Kier molecular flexibility index (Phi) is 3.36. The van der Waals surface area contributed by atoms with Crippen LogP contribution in [-0.2, 0) is 0 Å². The first-order chi connectivity index (χ1) is 9.65. The van der Waals surface area contributed by atoms with Crippen molar-refractivity contribution in [3.63, 3.8) is 0 Å². The third-order valence-electron chi connectivity index (χ3n) is 3.35. The Hall–Kier alpha value is -2.00. The van der Waals surface area contributed by atoms with Crippen LogP contribution in [0.2, 0.25) is 5.02 Å². The lowest BCUT2D eigenvalue weighted by Gasteiger charge is -2.10. The van der Waals surface area contributed by atoms with E-state index in [-0.39, 0.29) is 18.0 Å². The van der Waals surface area contributed by atoms with E-state index < -0.39 is 6.04 Å². The van der Waals surface area contributed by atoms with Gasteiger partial charge in [-0.1, -0.05) is 29.8 Å². The molecule has 0 spiro atoms. The number of benzene rings is 2. The highest BCUT2D eigenvalue weighted by Crippen LogP contribution is 2.29. The molecule has 20 heavy (non-hydrogen) atoms. The van der Waals surface area contributed by atoms with Crippen LogP contribution in [0, 0.1) is 5.82 Å². The minimum absolute atomic E-state index is 0.0533. The molecule has 0 N–H and O–H groups in total. The Bertz CT molecular complexity index is 711. The largest absolute Gasteiger partial charge is 0.294 e. The summed E-state index contributed by atoms with van der Waals surface area (Å²) in [6, 6.07) is 11.0. The number of fused-ring (bicyclic) bond motifs is 1. The molecule has 1 heterocycles. The summed E-state index contributed by atoms with van der Waals surface area (Å²) in [4.78, 5) is 16.6. The monoisotopic (exact) mass is 287 g/mol. The van der Waals surface area contributed by atoms with Crippen LogP contribution < -0.4 is 0 Å². The van der Waals surface area contributed by atoms with E-state index in [9.17, 15) is 9.18 Å². The fourth-order valence-corrected chi connectivity index (χ4v) is 2.52.